The van der Waals surface area contributed by atoms with E-state index in [1.165, 1.54) is 11.0 Å². The van der Waals surface area contributed by atoms with Gasteiger partial charge in [-0.05, 0) is 24.3 Å². The van der Waals surface area contributed by atoms with Crippen molar-refractivity contribution in [2.45, 2.75) is 6.54 Å². The van der Waals surface area contributed by atoms with Gasteiger partial charge < -0.3 is 9.73 Å². The number of benzene rings is 2. The van der Waals surface area contributed by atoms with Gasteiger partial charge in [0.1, 0.15) is 30.1 Å². The van der Waals surface area contributed by atoms with E-state index < -0.39 is 0 Å². The number of nitriles is 1. The average molecular weight is 317 g/mol. The molecule has 0 bridgehead atoms. The van der Waals surface area contributed by atoms with Crippen molar-refractivity contribution >= 4 is 33.5 Å². The van der Waals surface area contributed by atoms with Gasteiger partial charge in [-0.3, -0.25) is 4.79 Å². The Hall–Kier alpha value is -3.66. The van der Waals surface area contributed by atoms with Crippen molar-refractivity contribution in [1.82, 2.24) is 14.8 Å². The third kappa shape index (κ3) is 2.46. The summed E-state index contributed by atoms with van der Waals surface area (Å²) in [5, 5.41) is 17.3. The molecule has 0 spiro atoms. The lowest BCUT2D eigenvalue weighted by atomic mass is 10.1. The maximum atomic E-state index is 12.1. The van der Waals surface area contributed by atoms with Crippen LogP contribution in [0.1, 0.15) is 5.82 Å². The number of nitrogens with zero attached hydrogens (tertiary/aromatic N) is 4. The molecule has 0 aliphatic heterocycles. The number of nitrogens with one attached hydrogen (secondary N) is 1. The predicted octanol–water partition coefficient (Wildman–Crippen LogP) is 2.69. The number of rotatable bonds is 3. The van der Waals surface area contributed by atoms with Gasteiger partial charge in [0.15, 0.2) is 0 Å². The minimum atomic E-state index is -0.253. The maximum Gasteiger partial charge on any atom is 0.252 e. The van der Waals surface area contributed by atoms with E-state index in [-0.39, 0.29) is 18.3 Å². The van der Waals surface area contributed by atoms with Crippen molar-refractivity contribution < 1.29 is 9.21 Å². The Labute approximate surface area is 136 Å². The Balaban J connectivity index is 1.58. The van der Waals surface area contributed by atoms with Gasteiger partial charge in [-0.2, -0.15) is 5.26 Å². The molecule has 0 fully saturated rings. The van der Waals surface area contributed by atoms with E-state index in [1.807, 2.05) is 42.5 Å². The number of carbonyl (C=O) groups is 1. The monoisotopic (exact) mass is 317 g/mol. The summed E-state index contributed by atoms with van der Waals surface area (Å²) in [6, 6.07) is 15.1. The molecule has 0 aliphatic carbocycles. The molecule has 0 aliphatic rings. The number of para-hydroxylation sites is 1. The van der Waals surface area contributed by atoms with E-state index in [4.69, 9.17) is 9.68 Å². The molecule has 116 valence electrons. The van der Waals surface area contributed by atoms with Crippen LogP contribution in [0, 0.1) is 11.3 Å². The van der Waals surface area contributed by atoms with Gasteiger partial charge in [0.2, 0.25) is 5.91 Å². The Morgan fingerprint density at radius 3 is 2.88 bits per heavy atom. The largest absolute Gasteiger partial charge is 0.456 e. The molecular weight excluding hydrogens is 306 g/mol. The van der Waals surface area contributed by atoms with Crippen LogP contribution in [-0.4, -0.2) is 20.7 Å². The molecule has 7 heteroatoms. The van der Waals surface area contributed by atoms with Crippen LogP contribution >= 0.6 is 0 Å². The number of hydrogen-bond donors (Lipinski definition) is 1. The normalized spacial score (nSPS) is 10.8. The summed E-state index contributed by atoms with van der Waals surface area (Å²) in [6.07, 6.45) is 1.35. The lowest BCUT2D eigenvalue weighted by molar-refractivity contribution is -0.116. The Morgan fingerprint density at radius 2 is 2.04 bits per heavy atom. The van der Waals surface area contributed by atoms with Crippen molar-refractivity contribution in [3.8, 4) is 6.07 Å². The predicted molar refractivity (Wildman–Crippen MR) is 87.1 cm³/mol. The topological polar surface area (TPSA) is 96.7 Å². The van der Waals surface area contributed by atoms with Crippen LogP contribution in [-0.2, 0) is 11.3 Å². The zero-order chi connectivity index (χ0) is 16.5. The maximum absolute atomic E-state index is 12.1. The number of furan rings is 1. The van der Waals surface area contributed by atoms with Gasteiger partial charge in [0.25, 0.3) is 5.82 Å². The van der Waals surface area contributed by atoms with Gasteiger partial charge in [0.05, 0.1) is 0 Å². The molecule has 0 unspecified atom stereocenters. The van der Waals surface area contributed by atoms with Gasteiger partial charge in [0, 0.05) is 16.5 Å². The molecule has 0 saturated heterocycles. The summed E-state index contributed by atoms with van der Waals surface area (Å²) in [6.45, 7) is -0.0150. The van der Waals surface area contributed by atoms with Crippen molar-refractivity contribution in [2.75, 3.05) is 5.32 Å². The quantitative estimate of drug-likeness (QED) is 0.626. The van der Waals surface area contributed by atoms with Crippen molar-refractivity contribution in [3.05, 3.63) is 54.6 Å². The molecule has 4 aromatic rings. The SMILES string of the molecule is N#Cc1ncn(CC(=O)Nc2ccc3oc4ccccc4c3c2)n1. The fourth-order valence-corrected chi connectivity index (χ4v) is 2.57. The van der Waals surface area contributed by atoms with Crippen LogP contribution in [0.5, 0.6) is 0 Å². The first-order valence-corrected chi connectivity index (χ1v) is 7.23. The highest BCUT2D eigenvalue weighted by Gasteiger charge is 2.10. The van der Waals surface area contributed by atoms with Crippen LogP contribution < -0.4 is 5.32 Å². The van der Waals surface area contributed by atoms with Crippen LogP contribution in [0.4, 0.5) is 5.69 Å². The number of fused-ring (bicyclic) bond motifs is 3. The van der Waals surface area contributed by atoms with Gasteiger partial charge in [-0.1, -0.05) is 18.2 Å². The highest BCUT2D eigenvalue weighted by molar-refractivity contribution is 6.06. The molecule has 0 saturated carbocycles. The second-order valence-electron chi connectivity index (χ2n) is 5.23. The van der Waals surface area contributed by atoms with Crippen LogP contribution in [0.2, 0.25) is 0 Å². The zero-order valence-electron chi connectivity index (χ0n) is 12.4. The van der Waals surface area contributed by atoms with Crippen molar-refractivity contribution in [3.63, 3.8) is 0 Å². The van der Waals surface area contributed by atoms with E-state index in [2.05, 4.69) is 15.4 Å². The first kappa shape index (κ1) is 14.0. The third-order valence-corrected chi connectivity index (χ3v) is 3.60. The molecule has 4 rings (SSSR count). The van der Waals surface area contributed by atoms with E-state index in [9.17, 15) is 4.79 Å². The number of hydrogen-bond acceptors (Lipinski definition) is 5. The summed E-state index contributed by atoms with van der Waals surface area (Å²) in [7, 11) is 0. The van der Waals surface area contributed by atoms with Crippen molar-refractivity contribution in [1.29, 1.82) is 5.26 Å². The Morgan fingerprint density at radius 1 is 1.21 bits per heavy atom. The molecular formula is C17H11N5O2. The Bertz CT molecular complexity index is 1100. The van der Waals surface area contributed by atoms with Crippen LogP contribution in [0.25, 0.3) is 21.9 Å². The molecule has 24 heavy (non-hydrogen) atoms. The minimum absolute atomic E-state index is 0.0150. The zero-order valence-corrected chi connectivity index (χ0v) is 12.4. The van der Waals surface area contributed by atoms with Crippen LogP contribution in [0.15, 0.2) is 53.2 Å². The minimum Gasteiger partial charge on any atom is -0.456 e. The van der Waals surface area contributed by atoms with E-state index in [1.54, 1.807) is 6.07 Å². The molecule has 2 aromatic carbocycles. The van der Waals surface area contributed by atoms with Crippen LogP contribution in [0.3, 0.4) is 0 Å². The Kier molecular flexibility index (Phi) is 3.21. The first-order chi connectivity index (χ1) is 11.7. The highest BCUT2D eigenvalue weighted by Crippen LogP contribution is 2.30. The van der Waals surface area contributed by atoms with Gasteiger partial charge in [-0.25, -0.2) is 9.67 Å². The molecule has 0 atom stereocenters. The summed E-state index contributed by atoms with van der Waals surface area (Å²) >= 11 is 0. The summed E-state index contributed by atoms with van der Waals surface area (Å²) in [4.78, 5) is 15.9. The standard InChI is InChI=1S/C17H11N5O2/c18-8-16-19-10-22(21-16)9-17(23)20-11-5-6-15-13(7-11)12-3-1-2-4-14(12)24-15/h1-7,10H,9H2,(H,20,23). The lowest BCUT2D eigenvalue weighted by Gasteiger charge is -2.05. The second-order valence-corrected chi connectivity index (χ2v) is 5.23. The molecule has 2 aromatic heterocycles. The fraction of sp³-hybridized carbons (Fsp3) is 0.0588. The summed E-state index contributed by atoms with van der Waals surface area (Å²) in [5.41, 5.74) is 2.24. The molecule has 2 heterocycles. The molecule has 1 N–H and O–H groups in total. The lowest BCUT2D eigenvalue weighted by Crippen LogP contribution is -2.19. The summed E-state index contributed by atoms with van der Waals surface area (Å²) < 4.78 is 7.08. The second kappa shape index (κ2) is 5.52. The van der Waals surface area contributed by atoms with E-state index in [0.717, 1.165) is 21.9 Å². The van der Waals surface area contributed by atoms with E-state index in [0.29, 0.717) is 5.69 Å². The van der Waals surface area contributed by atoms with E-state index >= 15 is 0 Å². The third-order valence-electron chi connectivity index (χ3n) is 3.60. The highest BCUT2D eigenvalue weighted by atomic mass is 16.3. The van der Waals surface area contributed by atoms with Gasteiger partial charge in [-0.15, -0.1) is 5.10 Å². The molecule has 0 radical (unpaired) electrons. The molecule has 7 nitrogen and oxygen atoms in total. The molecule has 1 amide bonds. The average Bonchev–Trinajstić information content (AvgIpc) is 3.18. The number of amides is 1. The summed E-state index contributed by atoms with van der Waals surface area (Å²) in [5.74, 6) is -0.217. The fourth-order valence-electron chi connectivity index (χ4n) is 2.57. The number of aromatic nitrogens is 3. The first-order valence-electron chi connectivity index (χ1n) is 7.23. The number of anilines is 1. The van der Waals surface area contributed by atoms with Crippen molar-refractivity contribution in [2.24, 2.45) is 0 Å². The van der Waals surface area contributed by atoms with Gasteiger partial charge >= 0.3 is 0 Å². The number of carbonyl (C=O) groups excluding carboxylic acids is 1. The smallest absolute Gasteiger partial charge is 0.252 e.